The first-order valence-corrected chi connectivity index (χ1v) is 6.86. The van der Waals surface area contributed by atoms with E-state index in [-0.39, 0.29) is 11.2 Å². The molecule has 1 atom stereocenters. The summed E-state index contributed by atoms with van der Waals surface area (Å²) >= 11 is 4.02. The Morgan fingerprint density at radius 3 is 2.42 bits per heavy atom. The van der Waals surface area contributed by atoms with Crippen LogP contribution in [0, 0.1) is 0 Å². The molecule has 1 heterocycles. The summed E-state index contributed by atoms with van der Waals surface area (Å²) in [6.07, 6.45) is -4.50. The van der Waals surface area contributed by atoms with E-state index >= 15 is 0 Å². The molecule has 0 radical (unpaired) electrons. The minimum absolute atomic E-state index is 0.151. The highest BCUT2D eigenvalue weighted by atomic mass is 79.9. The number of alkyl halides is 3. The third-order valence-electron chi connectivity index (χ3n) is 2.39. The fraction of sp³-hybridized carbons (Fsp3) is 0.273. The summed E-state index contributed by atoms with van der Waals surface area (Å²) in [7, 11) is 0. The van der Waals surface area contributed by atoms with Gasteiger partial charge in [-0.05, 0) is 24.6 Å². The first-order valence-electron chi connectivity index (χ1n) is 5.29. The van der Waals surface area contributed by atoms with Crippen LogP contribution in [0.2, 0.25) is 0 Å². The van der Waals surface area contributed by atoms with Crippen LogP contribution in [0.15, 0.2) is 28.7 Å². The molecule has 1 unspecified atom stereocenters. The fourth-order valence-corrected chi connectivity index (χ4v) is 2.36. The molecule has 2 rings (SSSR count). The van der Waals surface area contributed by atoms with E-state index in [9.17, 15) is 13.2 Å². The van der Waals surface area contributed by atoms with Crippen molar-refractivity contribution in [1.29, 1.82) is 0 Å². The summed E-state index contributed by atoms with van der Waals surface area (Å²) in [5, 5.41) is 3.06. The maximum atomic E-state index is 12.4. The molecule has 0 fully saturated rings. The molecule has 0 aliphatic carbocycles. The van der Waals surface area contributed by atoms with Gasteiger partial charge in [0.05, 0.1) is 6.04 Å². The van der Waals surface area contributed by atoms with Gasteiger partial charge >= 0.3 is 6.18 Å². The van der Waals surface area contributed by atoms with Crippen LogP contribution >= 0.6 is 27.5 Å². The van der Waals surface area contributed by atoms with Crippen molar-refractivity contribution < 1.29 is 13.2 Å². The number of aromatic nitrogens is 2. The Hall–Kier alpha value is -1.15. The number of rotatable bonds is 3. The van der Waals surface area contributed by atoms with E-state index in [1.165, 1.54) is 0 Å². The van der Waals surface area contributed by atoms with Gasteiger partial charge in [0.25, 0.3) is 0 Å². The van der Waals surface area contributed by atoms with Crippen LogP contribution in [-0.4, -0.2) is 9.36 Å². The van der Waals surface area contributed by atoms with Gasteiger partial charge in [-0.2, -0.15) is 22.5 Å². The molecule has 2 aromatic rings. The molecule has 1 aromatic carbocycles. The average Bonchev–Trinajstić information content (AvgIpc) is 2.78. The molecule has 0 aliphatic rings. The van der Waals surface area contributed by atoms with Crippen molar-refractivity contribution in [3.8, 4) is 0 Å². The third-order valence-corrected chi connectivity index (χ3v) is 3.56. The van der Waals surface area contributed by atoms with Crippen LogP contribution in [0.1, 0.15) is 24.4 Å². The summed E-state index contributed by atoms with van der Waals surface area (Å²) in [4.78, 5) is 3.43. The van der Waals surface area contributed by atoms with Gasteiger partial charge in [-0.1, -0.05) is 28.1 Å². The monoisotopic (exact) mass is 351 g/mol. The van der Waals surface area contributed by atoms with Crippen LogP contribution in [0.4, 0.5) is 18.3 Å². The van der Waals surface area contributed by atoms with E-state index in [4.69, 9.17) is 0 Å². The van der Waals surface area contributed by atoms with E-state index in [1.807, 2.05) is 31.2 Å². The van der Waals surface area contributed by atoms with Crippen LogP contribution in [0.25, 0.3) is 0 Å². The lowest BCUT2D eigenvalue weighted by Gasteiger charge is -2.12. The molecule has 1 aromatic heterocycles. The molecule has 0 bridgehead atoms. The Balaban J connectivity index is 2.08. The maximum Gasteiger partial charge on any atom is 0.452 e. The van der Waals surface area contributed by atoms with E-state index in [1.54, 1.807) is 0 Å². The minimum Gasteiger partial charge on any atom is -0.354 e. The second-order valence-electron chi connectivity index (χ2n) is 3.84. The second kappa shape index (κ2) is 5.46. The molecule has 19 heavy (non-hydrogen) atoms. The smallest absolute Gasteiger partial charge is 0.354 e. The van der Waals surface area contributed by atoms with Gasteiger partial charge in [-0.25, -0.2) is 0 Å². The van der Waals surface area contributed by atoms with Gasteiger partial charge in [0.15, 0.2) is 0 Å². The van der Waals surface area contributed by atoms with Crippen LogP contribution in [0.3, 0.4) is 0 Å². The largest absolute Gasteiger partial charge is 0.452 e. The number of nitrogens with zero attached hydrogens (tertiary/aromatic N) is 2. The summed E-state index contributed by atoms with van der Waals surface area (Å²) in [5.74, 6) is -1.11. The Morgan fingerprint density at radius 2 is 1.89 bits per heavy atom. The van der Waals surface area contributed by atoms with E-state index in [2.05, 4.69) is 30.6 Å². The molecule has 0 saturated heterocycles. The highest BCUT2D eigenvalue weighted by Crippen LogP contribution is 2.30. The Bertz CT molecular complexity index is 553. The Kier molecular flexibility index (Phi) is 4.10. The zero-order valence-corrected chi connectivity index (χ0v) is 12.1. The lowest BCUT2D eigenvalue weighted by Crippen LogP contribution is -2.09. The average molecular weight is 352 g/mol. The van der Waals surface area contributed by atoms with Crippen molar-refractivity contribution in [2.24, 2.45) is 0 Å². The van der Waals surface area contributed by atoms with Crippen LogP contribution in [0.5, 0.6) is 0 Å². The standard InChI is InChI=1S/C11H9BrF3N3S/c1-6(7-2-4-8(12)5-3-7)16-10-17-9(18-19-10)11(13,14)15/h2-6H,1H3,(H,16,17,18). The topological polar surface area (TPSA) is 37.8 Å². The second-order valence-corrected chi connectivity index (χ2v) is 5.51. The number of halogens is 4. The summed E-state index contributed by atoms with van der Waals surface area (Å²) in [6, 6.07) is 7.35. The Labute approximate surface area is 120 Å². The molecule has 102 valence electrons. The number of hydrogen-bond acceptors (Lipinski definition) is 4. The lowest BCUT2D eigenvalue weighted by molar-refractivity contribution is -0.144. The van der Waals surface area contributed by atoms with Crippen LogP contribution < -0.4 is 5.32 Å². The van der Waals surface area contributed by atoms with Crippen molar-refractivity contribution >= 4 is 32.6 Å². The van der Waals surface area contributed by atoms with Crippen molar-refractivity contribution in [2.45, 2.75) is 19.1 Å². The summed E-state index contributed by atoms with van der Waals surface area (Å²) in [6.45, 7) is 1.85. The molecule has 0 aliphatic heterocycles. The normalized spacial score (nSPS) is 13.3. The quantitative estimate of drug-likeness (QED) is 0.884. The third kappa shape index (κ3) is 3.66. The summed E-state index contributed by atoms with van der Waals surface area (Å²) < 4.78 is 41.3. The van der Waals surface area contributed by atoms with Gasteiger partial charge in [0.1, 0.15) is 0 Å². The number of anilines is 1. The number of hydrogen-bond donors (Lipinski definition) is 1. The van der Waals surface area contributed by atoms with Crippen molar-refractivity contribution in [3.05, 3.63) is 40.1 Å². The van der Waals surface area contributed by atoms with Gasteiger partial charge in [0, 0.05) is 16.0 Å². The molecule has 0 spiro atoms. The molecule has 0 amide bonds. The zero-order valence-electron chi connectivity index (χ0n) is 9.70. The Morgan fingerprint density at radius 1 is 1.26 bits per heavy atom. The van der Waals surface area contributed by atoms with Gasteiger partial charge in [0.2, 0.25) is 11.0 Å². The molecule has 8 heteroatoms. The SMILES string of the molecule is CC(Nc1nc(C(F)(F)F)ns1)c1ccc(Br)cc1. The first-order chi connectivity index (χ1) is 8.86. The van der Waals surface area contributed by atoms with Gasteiger partial charge < -0.3 is 5.32 Å². The first kappa shape index (κ1) is 14.3. The molecule has 0 saturated carbocycles. The van der Waals surface area contributed by atoms with Gasteiger partial charge in [-0.3, -0.25) is 0 Å². The zero-order chi connectivity index (χ0) is 14.0. The van der Waals surface area contributed by atoms with Crippen LogP contribution in [-0.2, 0) is 6.18 Å². The molecule has 3 nitrogen and oxygen atoms in total. The maximum absolute atomic E-state index is 12.4. The molecule has 1 N–H and O–H groups in total. The van der Waals surface area contributed by atoms with Crippen molar-refractivity contribution in [3.63, 3.8) is 0 Å². The number of benzene rings is 1. The van der Waals surface area contributed by atoms with Crippen molar-refractivity contribution in [1.82, 2.24) is 9.36 Å². The lowest BCUT2D eigenvalue weighted by atomic mass is 10.1. The van der Waals surface area contributed by atoms with E-state index < -0.39 is 12.0 Å². The summed E-state index contributed by atoms with van der Waals surface area (Å²) in [5.41, 5.74) is 0.951. The number of nitrogens with one attached hydrogen (secondary N) is 1. The van der Waals surface area contributed by atoms with E-state index in [0.717, 1.165) is 10.0 Å². The van der Waals surface area contributed by atoms with Gasteiger partial charge in [-0.15, -0.1) is 0 Å². The predicted molar refractivity (Wildman–Crippen MR) is 71.1 cm³/mol. The van der Waals surface area contributed by atoms with Crippen molar-refractivity contribution in [2.75, 3.05) is 5.32 Å². The molecular weight excluding hydrogens is 343 g/mol. The fourth-order valence-electron chi connectivity index (χ4n) is 1.42. The minimum atomic E-state index is -4.50. The predicted octanol–water partition coefficient (Wildman–Crippen LogP) is 4.49. The molecular formula is C11H9BrF3N3S. The highest BCUT2D eigenvalue weighted by molar-refractivity contribution is 9.10. The van der Waals surface area contributed by atoms with E-state index in [0.29, 0.717) is 11.5 Å². The highest BCUT2D eigenvalue weighted by Gasteiger charge is 2.36.